The second-order valence-electron chi connectivity index (χ2n) is 6.62. The summed E-state index contributed by atoms with van der Waals surface area (Å²) in [6, 6.07) is 19.0. The molecule has 1 amide bonds. The number of hydrogen-bond acceptors (Lipinski definition) is 5. The molecule has 9 heteroatoms. The number of phenols is 1. The van der Waals surface area contributed by atoms with Crippen molar-refractivity contribution < 1.29 is 9.90 Å². The van der Waals surface area contributed by atoms with Crippen molar-refractivity contribution in [3.8, 4) is 11.4 Å². The van der Waals surface area contributed by atoms with Crippen molar-refractivity contribution in [2.24, 2.45) is 0 Å². The number of thiocarbonyl (C=S) groups is 1. The molecule has 4 rings (SSSR count). The van der Waals surface area contributed by atoms with Gasteiger partial charge in [-0.3, -0.25) is 14.9 Å². The number of nitrogens with one attached hydrogen (secondary N) is 3. The Hall–Kier alpha value is -4.24. The highest BCUT2D eigenvalue weighted by Gasteiger charge is 2.12. The summed E-state index contributed by atoms with van der Waals surface area (Å²) in [7, 11) is 0. The van der Waals surface area contributed by atoms with E-state index in [1.807, 2.05) is 0 Å². The van der Waals surface area contributed by atoms with Crippen LogP contribution in [0.2, 0.25) is 0 Å². The van der Waals surface area contributed by atoms with E-state index >= 15 is 0 Å². The standard InChI is InChI=1S/C22H16N4O4S/c27-16-11-7-14(8-12-16)23-21(31)25-19(28)13-5-9-15(10-6-13)26-20(29)17-3-1-2-4-18(17)24-22(26)30/h1-12,27H,(H,24,30)(H2,23,25,28,31). The molecular formula is C22H16N4O4S. The summed E-state index contributed by atoms with van der Waals surface area (Å²) in [5.41, 5.74) is 0.672. The second-order valence-corrected chi connectivity index (χ2v) is 7.03. The Morgan fingerprint density at radius 1 is 0.935 bits per heavy atom. The van der Waals surface area contributed by atoms with E-state index in [-0.39, 0.29) is 10.9 Å². The molecule has 31 heavy (non-hydrogen) atoms. The quantitative estimate of drug-likeness (QED) is 0.292. The number of para-hydroxylation sites is 1. The molecule has 0 atom stereocenters. The largest absolute Gasteiger partial charge is 0.508 e. The molecule has 154 valence electrons. The van der Waals surface area contributed by atoms with E-state index in [2.05, 4.69) is 15.6 Å². The molecule has 1 aromatic heterocycles. The number of aromatic hydroxyl groups is 1. The number of anilines is 1. The van der Waals surface area contributed by atoms with E-state index in [1.54, 1.807) is 36.4 Å². The van der Waals surface area contributed by atoms with Crippen molar-refractivity contribution in [1.29, 1.82) is 0 Å². The summed E-state index contributed by atoms with van der Waals surface area (Å²) in [4.78, 5) is 40.2. The van der Waals surface area contributed by atoms with Gasteiger partial charge in [-0.25, -0.2) is 9.36 Å². The molecule has 0 aliphatic heterocycles. The minimum atomic E-state index is -0.569. The first-order valence-corrected chi connectivity index (χ1v) is 9.59. The normalized spacial score (nSPS) is 10.6. The minimum Gasteiger partial charge on any atom is -0.508 e. The third-order valence-corrected chi connectivity index (χ3v) is 4.75. The molecule has 0 aliphatic carbocycles. The van der Waals surface area contributed by atoms with Crippen LogP contribution in [0.25, 0.3) is 16.6 Å². The lowest BCUT2D eigenvalue weighted by atomic mass is 10.2. The SMILES string of the molecule is O=C(NC(=S)Nc1ccc(O)cc1)c1ccc(-n2c(=O)[nH]c3ccccc3c2=O)cc1. The molecule has 0 saturated heterocycles. The highest BCUT2D eigenvalue weighted by atomic mass is 32.1. The number of rotatable bonds is 3. The first-order chi connectivity index (χ1) is 14.9. The fourth-order valence-corrected chi connectivity index (χ4v) is 3.25. The average molecular weight is 432 g/mol. The molecule has 0 spiro atoms. The van der Waals surface area contributed by atoms with Crippen molar-refractivity contribution >= 4 is 39.8 Å². The summed E-state index contributed by atoms with van der Waals surface area (Å²) in [6.07, 6.45) is 0. The van der Waals surface area contributed by atoms with Gasteiger partial charge in [-0.2, -0.15) is 0 Å². The van der Waals surface area contributed by atoms with Crippen LogP contribution in [-0.2, 0) is 0 Å². The van der Waals surface area contributed by atoms with E-state index in [1.165, 1.54) is 36.4 Å². The Balaban J connectivity index is 1.53. The molecule has 0 fully saturated rings. The van der Waals surface area contributed by atoms with Gasteiger partial charge in [0.1, 0.15) is 5.75 Å². The first kappa shape index (κ1) is 20.0. The van der Waals surface area contributed by atoms with Gasteiger partial charge in [-0.15, -0.1) is 0 Å². The van der Waals surface area contributed by atoms with E-state index in [0.717, 1.165) is 4.57 Å². The first-order valence-electron chi connectivity index (χ1n) is 9.18. The smallest absolute Gasteiger partial charge is 0.333 e. The average Bonchev–Trinajstić information content (AvgIpc) is 2.76. The summed E-state index contributed by atoms with van der Waals surface area (Å²) in [5, 5.41) is 15.2. The number of amides is 1. The van der Waals surface area contributed by atoms with Crippen LogP contribution in [0.5, 0.6) is 5.75 Å². The number of aromatic nitrogens is 2. The zero-order valence-corrected chi connectivity index (χ0v) is 16.8. The predicted molar refractivity (Wildman–Crippen MR) is 122 cm³/mol. The van der Waals surface area contributed by atoms with Gasteiger partial charge in [-0.05, 0) is 72.9 Å². The molecular weight excluding hydrogens is 416 g/mol. The van der Waals surface area contributed by atoms with Gasteiger partial charge in [0, 0.05) is 11.3 Å². The van der Waals surface area contributed by atoms with Gasteiger partial charge < -0.3 is 15.4 Å². The van der Waals surface area contributed by atoms with Crippen LogP contribution < -0.4 is 21.9 Å². The van der Waals surface area contributed by atoms with E-state index in [9.17, 15) is 19.5 Å². The second kappa shape index (κ2) is 8.25. The third-order valence-electron chi connectivity index (χ3n) is 4.55. The molecule has 0 bridgehead atoms. The lowest BCUT2D eigenvalue weighted by Gasteiger charge is -2.10. The van der Waals surface area contributed by atoms with Gasteiger partial charge in [0.05, 0.1) is 16.6 Å². The maximum Gasteiger partial charge on any atom is 0.333 e. The van der Waals surface area contributed by atoms with E-state index < -0.39 is 17.2 Å². The van der Waals surface area contributed by atoms with Gasteiger partial charge >= 0.3 is 5.69 Å². The lowest BCUT2D eigenvalue weighted by Crippen LogP contribution is -2.34. The summed E-state index contributed by atoms with van der Waals surface area (Å²) >= 11 is 5.13. The van der Waals surface area contributed by atoms with Crippen molar-refractivity contribution in [3.05, 3.63) is 99.2 Å². The maximum absolute atomic E-state index is 12.7. The fraction of sp³-hybridized carbons (Fsp3) is 0. The molecule has 0 unspecified atom stereocenters. The molecule has 0 radical (unpaired) electrons. The van der Waals surface area contributed by atoms with Gasteiger partial charge in [-0.1, -0.05) is 12.1 Å². The summed E-state index contributed by atoms with van der Waals surface area (Å²) in [6.45, 7) is 0. The minimum absolute atomic E-state index is 0.0851. The zero-order chi connectivity index (χ0) is 22.0. The number of fused-ring (bicyclic) bond motifs is 1. The number of nitrogens with zero attached hydrogens (tertiary/aromatic N) is 1. The molecule has 4 N–H and O–H groups in total. The Bertz CT molecular complexity index is 1410. The lowest BCUT2D eigenvalue weighted by molar-refractivity contribution is 0.0977. The number of benzene rings is 3. The maximum atomic E-state index is 12.7. The van der Waals surface area contributed by atoms with Crippen molar-refractivity contribution in [2.75, 3.05) is 5.32 Å². The molecule has 1 heterocycles. The van der Waals surface area contributed by atoms with Crippen LogP contribution in [-0.4, -0.2) is 25.7 Å². The number of carbonyl (C=O) groups excluding carboxylic acids is 1. The number of hydrogen-bond donors (Lipinski definition) is 4. The highest BCUT2D eigenvalue weighted by molar-refractivity contribution is 7.80. The van der Waals surface area contributed by atoms with Crippen LogP contribution in [0.4, 0.5) is 5.69 Å². The van der Waals surface area contributed by atoms with Gasteiger partial charge in [0.15, 0.2) is 5.11 Å². The zero-order valence-electron chi connectivity index (χ0n) is 16.0. The summed E-state index contributed by atoms with van der Waals surface area (Å²) in [5.74, 6) is -0.340. The van der Waals surface area contributed by atoms with Crippen LogP contribution in [0.15, 0.2) is 82.4 Å². The number of aromatic amines is 1. The molecule has 8 nitrogen and oxygen atoms in total. The molecule has 3 aromatic carbocycles. The van der Waals surface area contributed by atoms with Crippen LogP contribution in [0.1, 0.15) is 10.4 Å². The fourth-order valence-electron chi connectivity index (χ4n) is 3.04. The number of phenolic OH excluding ortho intramolecular Hbond substituents is 1. The van der Waals surface area contributed by atoms with Crippen molar-refractivity contribution in [1.82, 2.24) is 14.9 Å². The van der Waals surface area contributed by atoms with E-state index in [0.29, 0.717) is 27.8 Å². The number of H-pyrrole nitrogens is 1. The van der Waals surface area contributed by atoms with Gasteiger partial charge in [0.25, 0.3) is 11.5 Å². The summed E-state index contributed by atoms with van der Waals surface area (Å²) < 4.78 is 1.01. The molecule has 0 aliphatic rings. The highest BCUT2D eigenvalue weighted by Crippen LogP contribution is 2.14. The van der Waals surface area contributed by atoms with Crippen molar-refractivity contribution in [2.45, 2.75) is 0 Å². The monoisotopic (exact) mass is 432 g/mol. The van der Waals surface area contributed by atoms with E-state index in [4.69, 9.17) is 12.2 Å². The molecule has 0 saturated carbocycles. The van der Waals surface area contributed by atoms with Crippen LogP contribution in [0, 0.1) is 0 Å². The van der Waals surface area contributed by atoms with Gasteiger partial charge in [0.2, 0.25) is 0 Å². The van der Waals surface area contributed by atoms with Crippen LogP contribution in [0.3, 0.4) is 0 Å². The Kier molecular flexibility index (Phi) is 5.33. The molecule has 4 aromatic rings. The number of carbonyl (C=O) groups is 1. The Morgan fingerprint density at radius 2 is 1.61 bits per heavy atom. The van der Waals surface area contributed by atoms with Crippen LogP contribution >= 0.6 is 12.2 Å². The topological polar surface area (TPSA) is 116 Å². The Labute approximate surface area is 180 Å². The Morgan fingerprint density at radius 3 is 2.32 bits per heavy atom. The predicted octanol–water partition coefficient (Wildman–Crippen LogP) is 2.51. The van der Waals surface area contributed by atoms with Crippen molar-refractivity contribution in [3.63, 3.8) is 0 Å². The third kappa shape index (κ3) is 4.21.